The van der Waals surface area contributed by atoms with Gasteiger partial charge in [-0.2, -0.15) is 5.10 Å². The normalized spacial score (nSPS) is 14.2. The van der Waals surface area contributed by atoms with Gasteiger partial charge >= 0.3 is 11.8 Å². The van der Waals surface area contributed by atoms with Gasteiger partial charge in [0.1, 0.15) is 5.82 Å². The molecule has 9 nitrogen and oxygen atoms in total. The molecule has 0 bridgehead atoms. The molecular formula is C19H17N5O4S. The van der Waals surface area contributed by atoms with E-state index >= 15 is 0 Å². The largest absolute Gasteiger partial charge is 0.344 e. The predicted octanol–water partition coefficient (Wildman–Crippen LogP) is 0.951. The number of sulfone groups is 1. The summed E-state index contributed by atoms with van der Waals surface area (Å²) >= 11 is 0. The van der Waals surface area contributed by atoms with Gasteiger partial charge in [-0.1, -0.05) is 24.3 Å². The highest BCUT2D eigenvalue weighted by Gasteiger charge is 2.33. The Balaban J connectivity index is 1.57. The summed E-state index contributed by atoms with van der Waals surface area (Å²) in [7, 11) is -3.32. The molecular weight excluding hydrogens is 394 g/mol. The first kappa shape index (κ1) is 18.8. The van der Waals surface area contributed by atoms with E-state index in [-0.39, 0.29) is 23.9 Å². The topological polar surface area (TPSA) is 123 Å². The van der Waals surface area contributed by atoms with Gasteiger partial charge in [0.15, 0.2) is 9.84 Å². The summed E-state index contributed by atoms with van der Waals surface area (Å²) in [5, 5.41) is 9.39. The molecule has 0 aliphatic carbocycles. The zero-order chi connectivity index (χ0) is 20.4. The van der Waals surface area contributed by atoms with E-state index in [1.165, 1.54) is 4.68 Å². The predicted molar refractivity (Wildman–Crippen MR) is 105 cm³/mol. The molecule has 2 N–H and O–H groups in total. The fourth-order valence-electron chi connectivity index (χ4n) is 3.06. The molecule has 29 heavy (non-hydrogen) atoms. The summed E-state index contributed by atoms with van der Waals surface area (Å²) in [6, 6.07) is 12.5. The number of carbonyl (C=O) groups excluding carboxylic acids is 2. The van der Waals surface area contributed by atoms with E-state index in [9.17, 15) is 18.0 Å². The standard InChI is InChI=1S/C19H17N5O4S/c25-18(21-10-13-5-4-8-20-9-13)19(26)22-17-15-11-29(27,28)12-16(15)23-24(17)14-6-2-1-3-7-14/h1-9H,10-12H2,(H,21,25)(H,22,26). The van der Waals surface area contributed by atoms with Crippen molar-refractivity contribution in [3.8, 4) is 5.69 Å². The van der Waals surface area contributed by atoms with Crippen LogP contribution >= 0.6 is 0 Å². The van der Waals surface area contributed by atoms with Crippen LogP contribution in [0, 0.1) is 0 Å². The quantitative estimate of drug-likeness (QED) is 0.616. The Labute approximate surface area is 166 Å². The molecule has 3 heterocycles. The maximum atomic E-state index is 12.4. The van der Waals surface area contributed by atoms with Crippen LogP contribution in [0.4, 0.5) is 5.82 Å². The van der Waals surface area contributed by atoms with Crippen molar-refractivity contribution in [1.82, 2.24) is 20.1 Å². The Bertz CT molecular complexity index is 1170. The average Bonchev–Trinajstić information content (AvgIpc) is 3.20. The van der Waals surface area contributed by atoms with Crippen LogP contribution in [0.2, 0.25) is 0 Å². The molecule has 0 fully saturated rings. The zero-order valence-corrected chi connectivity index (χ0v) is 16.0. The second-order valence-corrected chi connectivity index (χ2v) is 8.62. The van der Waals surface area contributed by atoms with Crippen LogP contribution in [0.5, 0.6) is 0 Å². The SMILES string of the molecule is O=C(NCc1cccnc1)C(=O)Nc1c2c(nn1-c1ccccc1)CS(=O)(=O)C2. The maximum absolute atomic E-state index is 12.4. The summed E-state index contributed by atoms with van der Waals surface area (Å²) in [5.41, 5.74) is 2.17. The molecule has 0 unspecified atom stereocenters. The molecule has 0 radical (unpaired) electrons. The Morgan fingerprint density at radius 3 is 2.55 bits per heavy atom. The molecule has 1 aliphatic heterocycles. The first-order chi connectivity index (χ1) is 13.9. The first-order valence-electron chi connectivity index (χ1n) is 8.78. The highest BCUT2D eigenvalue weighted by Crippen LogP contribution is 2.32. The van der Waals surface area contributed by atoms with Crippen LogP contribution in [0.25, 0.3) is 5.69 Å². The highest BCUT2D eigenvalue weighted by atomic mass is 32.2. The summed E-state index contributed by atoms with van der Waals surface area (Å²) < 4.78 is 25.4. The third-order valence-electron chi connectivity index (χ3n) is 4.40. The summed E-state index contributed by atoms with van der Waals surface area (Å²) in [5.74, 6) is -1.99. The number of pyridine rings is 1. The van der Waals surface area contributed by atoms with Crippen molar-refractivity contribution in [2.24, 2.45) is 0 Å². The number of nitrogens with one attached hydrogen (secondary N) is 2. The van der Waals surface area contributed by atoms with E-state index in [0.717, 1.165) is 5.56 Å². The van der Waals surface area contributed by atoms with Crippen LogP contribution in [-0.2, 0) is 37.5 Å². The van der Waals surface area contributed by atoms with Crippen LogP contribution in [-0.4, -0.2) is 35.0 Å². The second kappa shape index (κ2) is 7.47. The average molecular weight is 411 g/mol. The molecule has 0 saturated carbocycles. The van der Waals surface area contributed by atoms with Gasteiger partial charge in [0.25, 0.3) is 0 Å². The van der Waals surface area contributed by atoms with Crippen molar-refractivity contribution in [3.63, 3.8) is 0 Å². The van der Waals surface area contributed by atoms with Crippen molar-refractivity contribution < 1.29 is 18.0 Å². The van der Waals surface area contributed by atoms with Crippen LogP contribution < -0.4 is 10.6 Å². The minimum Gasteiger partial charge on any atom is -0.344 e. The van der Waals surface area contributed by atoms with Crippen molar-refractivity contribution in [3.05, 3.63) is 71.7 Å². The monoisotopic (exact) mass is 411 g/mol. The van der Waals surface area contributed by atoms with E-state index in [0.29, 0.717) is 16.9 Å². The Hall–Kier alpha value is -3.53. The fourth-order valence-corrected chi connectivity index (χ4v) is 4.55. The number of hydrogen-bond donors (Lipinski definition) is 2. The van der Waals surface area contributed by atoms with Gasteiger partial charge in [0.2, 0.25) is 0 Å². The number of nitrogens with zero attached hydrogens (tertiary/aromatic N) is 3. The lowest BCUT2D eigenvalue weighted by Gasteiger charge is -2.11. The van der Waals surface area contributed by atoms with Gasteiger partial charge in [-0.05, 0) is 23.8 Å². The minimum atomic E-state index is -3.32. The zero-order valence-electron chi connectivity index (χ0n) is 15.2. The smallest absolute Gasteiger partial charge is 0.314 e. The number of rotatable bonds is 4. The van der Waals surface area contributed by atoms with Crippen molar-refractivity contribution in [2.45, 2.75) is 18.1 Å². The number of amides is 2. The molecule has 2 amide bonds. The third-order valence-corrected chi connectivity index (χ3v) is 5.84. The van der Waals surface area contributed by atoms with E-state index < -0.39 is 21.7 Å². The highest BCUT2D eigenvalue weighted by molar-refractivity contribution is 7.90. The van der Waals surface area contributed by atoms with Crippen LogP contribution in [0.1, 0.15) is 16.8 Å². The summed E-state index contributed by atoms with van der Waals surface area (Å²) in [4.78, 5) is 28.6. The lowest BCUT2D eigenvalue weighted by molar-refractivity contribution is -0.136. The number of carbonyl (C=O) groups is 2. The van der Waals surface area contributed by atoms with Gasteiger partial charge in [-0.15, -0.1) is 0 Å². The van der Waals surface area contributed by atoms with Gasteiger partial charge in [-0.3, -0.25) is 14.6 Å². The number of aromatic nitrogens is 3. The number of fused-ring (bicyclic) bond motifs is 1. The number of benzene rings is 1. The molecule has 1 aliphatic rings. The number of anilines is 1. The molecule has 2 aromatic heterocycles. The summed E-state index contributed by atoms with van der Waals surface area (Å²) in [6.45, 7) is 0.143. The Morgan fingerprint density at radius 1 is 1.03 bits per heavy atom. The molecule has 0 spiro atoms. The minimum absolute atomic E-state index is 0.143. The van der Waals surface area contributed by atoms with Gasteiger partial charge < -0.3 is 10.6 Å². The third kappa shape index (κ3) is 4.02. The van der Waals surface area contributed by atoms with E-state index in [1.54, 1.807) is 48.8 Å². The molecule has 4 rings (SSSR count). The molecule has 148 valence electrons. The number of hydrogen-bond acceptors (Lipinski definition) is 6. The van der Waals surface area contributed by atoms with Crippen LogP contribution in [0.15, 0.2) is 54.9 Å². The molecule has 0 saturated heterocycles. The fraction of sp³-hybridized carbons (Fsp3) is 0.158. The lowest BCUT2D eigenvalue weighted by Crippen LogP contribution is -2.35. The molecule has 3 aromatic rings. The maximum Gasteiger partial charge on any atom is 0.314 e. The first-order valence-corrected chi connectivity index (χ1v) is 10.6. The second-order valence-electron chi connectivity index (χ2n) is 6.55. The van der Waals surface area contributed by atoms with Gasteiger partial charge in [-0.25, -0.2) is 13.1 Å². The van der Waals surface area contributed by atoms with Crippen molar-refractivity contribution in [1.29, 1.82) is 0 Å². The Morgan fingerprint density at radius 2 is 1.83 bits per heavy atom. The van der Waals surface area contributed by atoms with E-state index in [2.05, 4.69) is 20.7 Å². The van der Waals surface area contributed by atoms with E-state index in [4.69, 9.17) is 0 Å². The van der Waals surface area contributed by atoms with E-state index in [1.807, 2.05) is 6.07 Å². The molecule has 10 heteroatoms. The Kier molecular flexibility index (Phi) is 4.85. The van der Waals surface area contributed by atoms with Crippen molar-refractivity contribution >= 4 is 27.5 Å². The van der Waals surface area contributed by atoms with Crippen molar-refractivity contribution in [2.75, 3.05) is 5.32 Å². The molecule has 1 aromatic carbocycles. The number of para-hydroxylation sites is 1. The lowest BCUT2D eigenvalue weighted by atomic mass is 10.2. The summed E-state index contributed by atoms with van der Waals surface area (Å²) in [6.07, 6.45) is 3.19. The van der Waals surface area contributed by atoms with Gasteiger partial charge in [0.05, 0.1) is 22.9 Å². The van der Waals surface area contributed by atoms with Gasteiger partial charge in [0, 0.05) is 24.5 Å². The van der Waals surface area contributed by atoms with Crippen LogP contribution in [0.3, 0.4) is 0 Å². The molecule has 0 atom stereocenters.